The van der Waals surface area contributed by atoms with Crippen molar-refractivity contribution in [3.63, 3.8) is 0 Å². The van der Waals surface area contributed by atoms with Gasteiger partial charge in [0.1, 0.15) is 22.7 Å². The molecule has 0 spiro atoms. The average molecular weight is 533 g/mol. The molecule has 9 heteroatoms. The van der Waals surface area contributed by atoms with Gasteiger partial charge in [-0.05, 0) is 46.4 Å². The van der Waals surface area contributed by atoms with Gasteiger partial charge in [-0.15, -0.1) is 0 Å². The van der Waals surface area contributed by atoms with Crippen molar-refractivity contribution in [3.05, 3.63) is 94.2 Å². The number of hydrogen-bond donors (Lipinski definition) is 1. The van der Waals surface area contributed by atoms with E-state index in [0.717, 1.165) is 5.56 Å². The Balaban J connectivity index is 1.80. The van der Waals surface area contributed by atoms with Crippen LogP contribution in [-0.4, -0.2) is 9.55 Å². The minimum absolute atomic E-state index is 0.0342. The van der Waals surface area contributed by atoms with Crippen molar-refractivity contribution >= 4 is 45.8 Å². The Kier molecular flexibility index (Phi) is 7.17. The van der Waals surface area contributed by atoms with Crippen LogP contribution in [0.4, 0.5) is 0 Å². The van der Waals surface area contributed by atoms with Crippen LogP contribution >= 0.6 is 45.8 Å². The molecular weight excluding hydrogens is 518 g/mol. The summed E-state index contributed by atoms with van der Waals surface area (Å²) < 4.78 is 13.0. The summed E-state index contributed by atoms with van der Waals surface area (Å²) in [4.78, 5) is 26.6. The average Bonchev–Trinajstić information content (AvgIpc) is 2.67. The van der Waals surface area contributed by atoms with Crippen LogP contribution in [0.1, 0.15) is 11.3 Å². The van der Waals surface area contributed by atoms with E-state index in [1.807, 2.05) is 52.9 Å². The van der Waals surface area contributed by atoms with Gasteiger partial charge in [0.15, 0.2) is 0 Å². The summed E-state index contributed by atoms with van der Waals surface area (Å²) in [5.41, 5.74) is 0.318. The van der Waals surface area contributed by atoms with E-state index in [0.29, 0.717) is 31.7 Å². The van der Waals surface area contributed by atoms with Gasteiger partial charge in [-0.2, -0.15) is 0 Å². The third-order valence-electron chi connectivity index (χ3n) is 3.83. The molecule has 2 aromatic carbocycles. The van der Waals surface area contributed by atoms with Crippen LogP contribution < -0.4 is 16.0 Å². The van der Waals surface area contributed by atoms with Gasteiger partial charge in [0.25, 0.3) is 5.56 Å². The number of ether oxygens (including phenoxy) is 2. The van der Waals surface area contributed by atoms with Crippen molar-refractivity contribution in [1.82, 2.24) is 9.55 Å². The fourth-order valence-corrected chi connectivity index (χ4v) is 3.48. The van der Waals surface area contributed by atoms with E-state index in [4.69, 9.17) is 32.7 Å². The summed E-state index contributed by atoms with van der Waals surface area (Å²) in [6.07, 6.45) is 0. The van der Waals surface area contributed by atoms with E-state index in [1.165, 1.54) is 4.57 Å². The van der Waals surface area contributed by atoms with Crippen molar-refractivity contribution in [1.29, 1.82) is 0 Å². The third-order valence-corrected chi connectivity index (χ3v) is 5.48. The van der Waals surface area contributed by atoms with Crippen molar-refractivity contribution < 1.29 is 9.47 Å². The lowest BCUT2D eigenvalue weighted by Crippen LogP contribution is -2.36. The first-order chi connectivity index (χ1) is 13.5. The van der Waals surface area contributed by atoms with Crippen molar-refractivity contribution in [2.75, 3.05) is 0 Å². The molecule has 28 heavy (non-hydrogen) atoms. The Morgan fingerprint density at radius 3 is 2.50 bits per heavy atom. The molecule has 0 aliphatic rings. The first kappa shape index (κ1) is 20.9. The largest absolute Gasteiger partial charge is 0.486 e. The Morgan fingerprint density at radius 1 is 1.04 bits per heavy atom. The first-order valence-electron chi connectivity index (χ1n) is 8.16. The molecule has 0 bridgehead atoms. The molecule has 3 rings (SSSR count). The minimum Gasteiger partial charge on any atom is -0.486 e. The number of rotatable bonds is 7. The molecule has 0 saturated heterocycles. The molecule has 1 N–H and O–H groups in total. The molecule has 3 aromatic rings. The summed E-state index contributed by atoms with van der Waals surface area (Å²) in [6, 6.07) is 14.4. The number of benzene rings is 2. The van der Waals surface area contributed by atoms with Crippen molar-refractivity contribution in [3.8, 4) is 5.75 Å². The van der Waals surface area contributed by atoms with Crippen LogP contribution in [-0.2, 0) is 24.7 Å². The number of nitrogens with zero attached hydrogens (tertiary/aromatic N) is 1. The fraction of sp³-hybridized carbons (Fsp3) is 0.158. The van der Waals surface area contributed by atoms with E-state index < -0.39 is 11.2 Å². The quantitative estimate of drug-likeness (QED) is 0.463. The summed E-state index contributed by atoms with van der Waals surface area (Å²) in [5.74, 6) is 0.395. The lowest BCUT2D eigenvalue weighted by molar-refractivity contribution is 0.0565. The Labute approximate surface area is 184 Å². The highest BCUT2D eigenvalue weighted by Gasteiger charge is 2.15. The zero-order chi connectivity index (χ0) is 20.1. The molecule has 0 aliphatic heterocycles. The Hall–Kier alpha value is -1.81. The maximum absolute atomic E-state index is 12.3. The minimum atomic E-state index is -0.570. The molecule has 0 unspecified atom stereocenters. The number of aromatic nitrogens is 2. The molecule has 0 saturated carbocycles. The predicted molar refractivity (Wildman–Crippen MR) is 116 cm³/mol. The number of nitrogens with one attached hydrogen (secondary N) is 1. The molecule has 1 aromatic heterocycles. The maximum Gasteiger partial charge on any atom is 0.330 e. The summed E-state index contributed by atoms with van der Waals surface area (Å²) in [6.45, 7) is 0.257. The van der Waals surface area contributed by atoms with E-state index >= 15 is 0 Å². The van der Waals surface area contributed by atoms with E-state index in [-0.39, 0.29) is 13.3 Å². The van der Waals surface area contributed by atoms with Crippen LogP contribution in [0, 0.1) is 3.57 Å². The summed E-state index contributed by atoms with van der Waals surface area (Å²) >= 11 is 13.9. The second kappa shape index (κ2) is 9.60. The zero-order valence-electron chi connectivity index (χ0n) is 14.5. The lowest BCUT2D eigenvalue weighted by atomic mass is 10.2. The highest BCUT2D eigenvalue weighted by molar-refractivity contribution is 14.1. The van der Waals surface area contributed by atoms with Crippen LogP contribution in [0.15, 0.2) is 58.1 Å². The SMILES string of the molecule is O=c1[nH]c(=O)n(COCc2ccccc2)c(COc2ccc(Cl)cc2Cl)c1I. The number of halogens is 3. The van der Waals surface area contributed by atoms with E-state index in [9.17, 15) is 9.59 Å². The van der Waals surface area contributed by atoms with Gasteiger partial charge >= 0.3 is 5.69 Å². The second-order valence-electron chi connectivity index (χ2n) is 5.77. The van der Waals surface area contributed by atoms with Gasteiger partial charge in [0, 0.05) is 5.02 Å². The van der Waals surface area contributed by atoms with Crippen molar-refractivity contribution in [2.24, 2.45) is 0 Å². The maximum atomic E-state index is 12.3. The molecule has 0 fully saturated rings. The van der Waals surface area contributed by atoms with Gasteiger partial charge < -0.3 is 9.47 Å². The molecule has 0 aliphatic carbocycles. The van der Waals surface area contributed by atoms with Crippen LogP contribution in [0.5, 0.6) is 5.75 Å². The molecule has 6 nitrogen and oxygen atoms in total. The second-order valence-corrected chi connectivity index (χ2v) is 7.70. The Bertz CT molecular complexity index is 1080. The molecule has 0 atom stereocenters. The summed E-state index contributed by atoms with van der Waals surface area (Å²) in [5, 5.41) is 0.816. The highest BCUT2D eigenvalue weighted by atomic mass is 127. The molecule has 0 amide bonds. The Morgan fingerprint density at radius 2 is 1.79 bits per heavy atom. The van der Waals surface area contributed by atoms with E-state index in [1.54, 1.807) is 18.2 Å². The molecule has 146 valence electrons. The zero-order valence-corrected chi connectivity index (χ0v) is 18.1. The molecule has 0 radical (unpaired) electrons. The van der Waals surface area contributed by atoms with Crippen molar-refractivity contribution in [2.45, 2.75) is 19.9 Å². The smallest absolute Gasteiger partial charge is 0.330 e. The first-order valence-corrected chi connectivity index (χ1v) is 10.00. The third kappa shape index (κ3) is 5.16. The van der Waals surface area contributed by atoms with Crippen LogP contribution in [0.3, 0.4) is 0 Å². The lowest BCUT2D eigenvalue weighted by Gasteiger charge is -2.15. The van der Waals surface area contributed by atoms with Gasteiger partial charge in [0.05, 0.1) is 17.3 Å². The van der Waals surface area contributed by atoms with Gasteiger partial charge in [0.2, 0.25) is 0 Å². The van der Waals surface area contributed by atoms with Gasteiger partial charge in [-0.3, -0.25) is 14.3 Å². The van der Waals surface area contributed by atoms with Crippen LogP contribution in [0.2, 0.25) is 10.0 Å². The monoisotopic (exact) mass is 532 g/mol. The van der Waals surface area contributed by atoms with Gasteiger partial charge in [-0.1, -0.05) is 53.5 Å². The number of hydrogen-bond acceptors (Lipinski definition) is 4. The molecule has 1 heterocycles. The molecular formula is C19H15Cl2IN2O4. The topological polar surface area (TPSA) is 73.3 Å². The highest BCUT2D eigenvalue weighted by Crippen LogP contribution is 2.28. The fourth-order valence-electron chi connectivity index (χ4n) is 2.44. The van der Waals surface area contributed by atoms with Gasteiger partial charge in [-0.25, -0.2) is 4.79 Å². The number of H-pyrrole nitrogens is 1. The van der Waals surface area contributed by atoms with Crippen LogP contribution in [0.25, 0.3) is 0 Å². The predicted octanol–water partition coefficient (Wildman–Crippen LogP) is 4.20. The number of aromatic amines is 1. The normalized spacial score (nSPS) is 10.8. The standard InChI is InChI=1S/C19H15Cl2IN2O4/c20-13-6-7-16(14(21)8-13)28-10-15-17(22)18(25)23-19(26)24(15)11-27-9-12-4-2-1-3-5-12/h1-8H,9-11H2,(H,23,25,26). The summed E-state index contributed by atoms with van der Waals surface area (Å²) in [7, 11) is 0. The van der Waals surface area contributed by atoms with E-state index in [2.05, 4.69) is 4.98 Å².